The van der Waals surface area contributed by atoms with Crippen molar-refractivity contribution in [2.75, 3.05) is 17.8 Å². The molecule has 8 nitrogen and oxygen atoms in total. The number of methoxy groups -OCH3 is 1. The van der Waals surface area contributed by atoms with Crippen molar-refractivity contribution in [2.45, 2.75) is 24.3 Å². The van der Waals surface area contributed by atoms with Crippen LogP contribution in [0.4, 0.5) is 10.8 Å². The molecule has 10 heteroatoms. The van der Waals surface area contributed by atoms with Gasteiger partial charge in [-0.3, -0.25) is 24.8 Å². The molecule has 0 aliphatic heterocycles. The molecule has 2 heterocycles. The zero-order valence-corrected chi connectivity index (χ0v) is 20.1. The molecule has 0 radical (unpaired) electrons. The average Bonchev–Trinajstić information content (AvgIpc) is 3.29. The molecule has 2 aromatic heterocycles. The van der Waals surface area contributed by atoms with Crippen LogP contribution in [-0.2, 0) is 11.3 Å². The Bertz CT molecular complexity index is 1280. The largest absolute Gasteiger partial charge is 0.497 e. The van der Waals surface area contributed by atoms with Gasteiger partial charge in [0.1, 0.15) is 5.75 Å². The van der Waals surface area contributed by atoms with Crippen molar-refractivity contribution in [3.05, 3.63) is 82.7 Å². The maximum Gasteiger partial charge on any atom is 0.270 e. The number of nitro groups is 1. The molecule has 0 unspecified atom stereocenters. The Morgan fingerprint density at radius 3 is 2.71 bits per heavy atom. The molecule has 0 N–H and O–H groups in total. The zero-order valence-electron chi connectivity index (χ0n) is 18.4. The molecule has 0 fully saturated rings. The van der Waals surface area contributed by atoms with Gasteiger partial charge in [-0.15, -0.1) is 11.8 Å². The van der Waals surface area contributed by atoms with E-state index in [2.05, 4.69) is 9.97 Å². The maximum absolute atomic E-state index is 13.2. The number of hydrogen-bond donors (Lipinski definition) is 0. The lowest BCUT2D eigenvalue weighted by Gasteiger charge is -2.19. The number of nitrogens with zero attached hydrogens (tertiary/aromatic N) is 4. The molecular formula is C24H22N4O4S2. The van der Waals surface area contributed by atoms with E-state index in [-0.39, 0.29) is 18.1 Å². The highest BCUT2D eigenvalue weighted by Crippen LogP contribution is 2.32. The molecule has 0 aliphatic carbocycles. The molecule has 34 heavy (non-hydrogen) atoms. The first-order valence-electron chi connectivity index (χ1n) is 10.6. The van der Waals surface area contributed by atoms with Crippen molar-refractivity contribution >= 4 is 50.0 Å². The lowest BCUT2D eigenvalue weighted by Crippen LogP contribution is -2.30. The summed E-state index contributed by atoms with van der Waals surface area (Å²) in [5.74, 6) is 1.54. The Balaban J connectivity index is 1.47. The molecule has 0 bridgehead atoms. The van der Waals surface area contributed by atoms with E-state index < -0.39 is 4.92 Å². The van der Waals surface area contributed by atoms with Crippen LogP contribution in [0.3, 0.4) is 0 Å². The van der Waals surface area contributed by atoms with Crippen LogP contribution in [0.15, 0.2) is 71.8 Å². The number of amides is 1. The number of aromatic nitrogens is 2. The SMILES string of the molecule is COc1ccc(SCCCC(=O)N(Cc2ccccn2)c2nc3ccc([N+](=O)[O-])cc3s2)cc1. The Morgan fingerprint density at radius 2 is 2.00 bits per heavy atom. The van der Waals surface area contributed by atoms with Crippen molar-refractivity contribution < 1.29 is 14.5 Å². The Hall–Kier alpha value is -3.50. The molecule has 0 saturated heterocycles. The quantitative estimate of drug-likeness (QED) is 0.120. The third kappa shape index (κ3) is 5.89. The van der Waals surface area contributed by atoms with E-state index in [0.29, 0.717) is 28.2 Å². The summed E-state index contributed by atoms with van der Waals surface area (Å²) in [4.78, 5) is 35.6. The first kappa shape index (κ1) is 23.7. The van der Waals surface area contributed by atoms with Crippen LogP contribution < -0.4 is 9.64 Å². The van der Waals surface area contributed by atoms with E-state index in [0.717, 1.165) is 22.1 Å². The van der Waals surface area contributed by atoms with Crippen molar-refractivity contribution in [2.24, 2.45) is 0 Å². The van der Waals surface area contributed by atoms with Gasteiger partial charge in [0.15, 0.2) is 5.13 Å². The van der Waals surface area contributed by atoms with Gasteiger partial charge in [0.25, 0.3) is 5.69 Å². The molecule has 0 saturated carbocycles. The van der Waals surface area contributed by atoms with Gasteiger partial charge in [-0.1, -0.05) is 17.4 Å². The van der Waals surface area contributed by atoms with Crippen LogP contribution in [0, 0.1) is 10.1 Å². The zero-order chi connectivity index (χ0) is 23.9. The van der Waals surface area contributed by atoms with Crippen LogP contribution in [0.25, 0.3) is 10.2 Å². The summed E-state index contributed by atoms with van der Waals surface area (Å²) in [6.07, 6.45) is 2.74. The fourth-order valence-electron chi connectivity index (χ4n) is 3.27. The molecule has 0 atom stereocenters. The van der Waals surface area contributed by atoms with Crippen molar-refractivity contribution in [3.63, 3.8) is 0 Å². The molecule has 0 aliphatic rings. The van der Waals surface area contributed by atoms with Gasteiger partial charge in [0.2, 0.25) is 5.91 Å². The predicted molar refractivity (Wildman–Crippen MR) is 135 cm³/mol. The van der Waals surface area contributed by atoms with Gasteiger partial charge in [-0.25, -0.2) is 4.98 Å². The number of hydrogen-bond acceptors (Lipinski definition) is 8. The highest BCUT2D eigenvalue weighted by Gasteiger charge is 2.21. The molecule has 4 rings (SSSR count). The van der Waals surface area contributed by atoms with Gasteiger partial charge in [0, 0.05) is 29.6 Å². The van der Waals surface area contributed by atoms with Crippen molar-refractivity contribution in [1.82, 2.24) is 9.97 Å². The van der Waals surface area contributed by atoms with Crippen molar-refractivity contribution in [1.29, 1.82) is 0 Å². The summed E-state index contributed by atoms with van der Waals surface area (Å²) in [7, 11) is 1.64. The lowest BCUT2D eigenvalue weighted by atomic mass is 10.2. The molecule has 2 aromatic carbocycles. The lowest BCUT2D eigenvalue weighted by molar-refractivity contribution is -0.384. The van der Waals surface area contributed by atoms with Crippen molar-refractivity contribution in [3.8, 4) is 5.75 Å². The first-order chi connectivity index (χ1) is 16.5. The number of carbonyl (C=O) groups is 1. The Morgan fingerprint density at radius 1 is 1.18 bits per heavy atom. The number of non-ortho nitro benzene ring substituents is 1. The number of pyridine rings is 1. The molecule has 1 amide bonds. The number of benzene rings is 2. The smallest absolute Gasteiger partial charge is 0.270 e. The maximum atomic E-state index is 13.2. The number of thioether (sulfide) groups is 1. The molecule has 174 valence electrons. The predicted octanol–water partition coefficient (Wildman–Crippen LogP) is 5.71. The standard InChI is InChI=1S/C24H22N4O4S2/c1-32-19-8-10-20(11-9-19)33-14-4-6-23(29)27(16-17-5-2-3-13-25-17)24-26-21-12-7-18(28(30)31)15-22(21)34-24/h2-3,5,7-13,15H,4,6,14,16H2,1H3. The van der Waals surface area contributed by atoms with Gasteiger partial charge in [-0.2, -0.15) is 0 Å². The van der Waals surface area contributed by atoms with E-state index in [1.54, 1.807) is 36.0 Å². The number of thiazole rings is 1. The van der Waals surface area contributed by atoms with Crippen LogP contribution in [0.2, 0.25) is 0 Å². The number of nitro benzene ring substituents is 1. The minimum absolute atomic E-state index is 0.000796. The van der Waals surface area contributed by atoms with Crippen LogP contribution in [0.5, 0.6) is 5.75 Å². The first-order valence-corrected chi connectivity index (χ1v) is 12.4. The van der Waals surface area contributed by atoms with E-state index >= 15 is 0 Å². The average molecular weight is 495 g/mol. The van der Waals surface area contributed by atoms with Crippen LogP contribution in [-0.4, -0.2) is 33.7 Å². The number of rotatable bonds is 10. The van der Waals surface area contributed by atoms with E-state index in [1.165, 1.54) is 23.5 Å². The molecule has 4 aromatic rings. The Kier molecular flexibility index (Phi) is 7.71. The highest BCUT2D eigenvalue weighted by molar-refractivity contribution is 7.99. The van der Waals surface area contributed by atoms with Crippen LogP contribution in [0.1, 0.15) is 18.5 Å². The molecular weight excluding hydrogens is 472 g/mol. The number of ether oxygens (including phenoxy) is 1. The fourth-order valence-corrected chi connectivity index (χ4v) is 5.13. The van der Waals surface area contributed by atoms with Crippen LogP contribution >= 0.6 is 23.1 Å². The topological polar surface area (TPSA) is 98.5 Å². The summed E-state index contributed by atoms with van der Waals surface area (Å²) in [6, 6.07) is 17.9. The second-order valence-corrected chi connectivity index (χ2v) is 9.51. The normalized spacial score (nSPS) is 10.9. The fraction of sp³-hybridized carbons (Fsp3) is 0.208. The van der Waals surface area contributed by atoms with E-state index in [4.69, 9.17) is 4.74 Å². The van der Waals surface area contributed by atoms with E-state index in [1.807, 2.05) is 42.5 Å². The van der Waals surface area contributed by atoms with Gasteiger partial charge < -0.3 is 4.74 Å². The summed E-state index contributed by atoms with van der Waals surface area (Å²) < 4.78 is 5.85. The third-order valence-electron chi connectivity index (χ3n) is 5.01. The summed E-state index contributed by atoms with van der Waals surface area (Å²) in [5.41, 5.74) is 1.37. The second-order valence-electron chi connectivity index (χ2n) is 7.33. The Labute approximate surface area is 204 Å². The number of fused-ring (bicyclic) bond motifs is 1. The second kappa shape index (κ2) is 11.1. The van der Waals surface area contributed by atoms with E-state index in [9.17, 15) is 14.9 Å². The summed E-state index contributed by atoms with van der Waals surface area (Å²) in [6.45, 7) is 0.285. The molecule has 0 spiro atoms. The minimum atomic E-state index is -0.434. The third-order valence-corrected chi connectivity index (χ3v) is 7.15. The monoisotopic (exact) mass is 494 g/mol. The minimum Gasteiger partial charge on any atom is -0.497 e. The van der Waals surface area contributed by atoms with Gasteiger partial charge >= 0.3 is 0 Å². The summed E-state index contributed by atoms with van der Waals surface area (Å²) in [5, 5.41) is 11.6. The van der Waals surface area contributed by atoms with Gasteiger partial charge in [-0.05, 0) is 54.6 Å². The number of carbonyl (C=O) groups excluding carboxylic acids is 1. The number of anilines is 1. The highest BCUT2D eigenvalue weighted by atomic mass is 32.2. The summed E-state index contributed by atoms with van der Waals surface area (Å²) >= 11 is 2.95. The van der Waals surface area contributed by atoms with Gasteiger partial charge in [0.05, 0.1) is 34.5 Å².